The number of nitrogens with zero attached hydrogens (tertiary/aromatic N) is 3. The monoisotopic (exact) mass is 512 g/mol. The van der Waals surface area contributed by atoms with Gasteiger partial charge in [0.2, 0.25) is 5.91 Å². The second-order valence-corrected chi connectivity index (χ2v) is 9.16. The molecule has 0 bridgehead atoms. The highest BCUT2D eigenvalue weighted by Gasteiger charge is 2.41. The Morgan fingerprint density at radius 3 is 2.60 bits per heavy atom. The van der Waals surface area contributed by atoms with Crippen LogP contribution in [0.15, 0.2) is 76.2 Å². The molecule has 1 unspecified atom stereocenters. The maximum Gasteiger partial charge on any atom is 0.338 e. The number of ether oxygens (including phenoxy) is 2. The van der Waals surface area contributed by atoms with Crippen molar-refractivity contribution < 1.29 is 19.1 Å². The lowest BCUT2D eigenvalue weighted by atomic mass is 9.94. The summed E-state index contributed by atoms with van der Waals surface area (Å²) in [6.45, 7) is 2.62. The zero-order chi connectivity index (χ0) is 24.8. The average Bonchev–Trinajstić information content (AvgIpc) is 3.25. The molecule has 2 aromatic rings. The van der Waals surface area contributed by atoms with E-state index in [4.69, 9.17) is 21.1 Å². The normalized spacial score (nSPS) is 17.0. The molecule has 1 aromatic heterocycles. The van der Waals surface area contributed by atoms with E-state index in [0.29, 0.717) is 34.6 Å². The first kappa shape index (κ1) is 25.0. The highest BCUT2D eigenvalue weighted by Crippen LogP contribution is 2.44. The van der Waals surface area contributed by atoms with Crippen molar-refractivity contribution in [1.29, 1.82) is 0 Å². The number of halogens is 1. The van der Waals surface area contributed by atoms with Gasteiger partial charge in [0, 0.05) is 36.8 Å². The molecule has 1 aromatic carbocycles. The van der Waals surface area contributed by atoms with E-state index >= 15 is 0 Å². The van der Waals surface area contributed by atoms with Gasteiger partial charge in [0.15, 0.2) is 5.17 Å². The number of nitrogens with one attached hydrogen (secondary N) is 1. The van der Waals surface area contributed by atoms with E-state index in [9.17, 15) is 9.59 Å². The Morgan fingerprint density at radius 1 is 1.14 bits per heavy atom. The Morgan fingerprint density at radius 2 is 1.89 bits per heavy atom. The standard InChI is InChI=1S/C25H25ClN4O4S/c1-16-22(24(32)34-12-11-33-2)23(18-3-5-19(26)6-4-18)30-20(15-35-25(30)29-16)13-21(31)28-14-17-7-9-27-10-8-17/h3-10,15,23H,11-14H2,1-2H3,(H,28,31). The number of rotatable bonds is 9. The number of methoxy groups -OCH3 is 1. The fourth-order valence-electron chi connectivity index (χ4n) is 3.81. The van der Waals surface area contributed by atoms with Crippen molar-refractivity contribution >= 4 is 40.4 Å². The van der Waals surface area contributed by atoms with Crippen LogP contribution in [-0.4, -0.2) is 47.3 Å². The Kier molecular flexibility index (Phi) is 8.22. The number of pyridine rings is 1. The molecule has 0 aliphatic carbocycles. The molecule has 1 amide bonds. The summed E-state index contributed by atoms with van der Waals surface area (Å²) in [4.78, 5) is 36.5. The van der Waals surface area contributed by atoms with Crippen LogP contribution in [0, 0.1) is 0 Å². The lowest BCUT2D eigenvalue weighted by molar-refractivity contribution is -0.141. The number of amides is 1. The van der Waals surface area contributed by atoms with Crippen molar-refractivity contribution in [3.05, 3.63) is 87.3 Å². The smallest absolute Gasteiger partial charge is 0.338 e. The van der Waals surface area contributed by atoms with E-state index in [2.05, 4.69) is 15.3 Å². The van der Waals surface area contributed by atoms with Crippen LogP contribution >= 0.6 is 23.4 Å². The van der Waals surface area contributed by atoms with E-state index < -0.39 is 12.0 Å². The van der Waals surface area contributed by atoms with Crippen LogP contribution in [0.25, 0.3) is 0 Å². The summed E-state index contributed by atoms with van der Waals surface area (Å²) in [5.41, 5.74) is 3.53. The van der Waals surface area contributed by atoms with Gasteiger partial charge in [-0.3, -0.25) is 9.78 Å². The van der Waals surface area contributed by atoms with E-state index in [1.165, 1.54) is 11.8 Å². The molecule has 35 heavy (non-hydrogen) atoms. The molecule has 1 N–H and O–H groups in total. The first-order valence-corrected chi connectivity index (χ1v) is 12.2. The SMILES string of the molecule is COCCOC(=O)C1=C(C)N=C2SC=C(CC(=O)NCc3ccncc3)N2C1c1ccc(Cl)cc1. The van der Waals surface area contributed by atoms with E-state index in [1.807, 2.05) is 34.6 Å². The largest absolute Gasteiger partial charge is 0.460 e. The van der Waals surface area contributed by atoms with Crippen LogP contribution in [0.4, 0.5) is 0 Å². The van der Waals surface area contributed by atoms with Gasteiger partial charge < -0.3 is 19.7 Å². The van der Waals surface area contributed by atoms with Gasteiger partial charge in [-0.15, -0.1) is 0 Å². The predicted octanol–water partition coefficient (Wildman–Crippen LogP) is 4.21. The molecule has 4 rings (SSSR count). The lowest BCUT2D eigenvalue weighted by Gasteiger charge is -2.36. The van der Waals surface area contributed by atoms with Gasteiger partial charge in [-0.2, -0.15) is 0 Å². The number of esters is 1. The second kappa shape index (κ2) is 11.5. The van der Waals surface area contributed by atoms with Crippen LogP contribution in [0.3, 0.4) is 0 Å². The highest BCUT2D eigenvalue weighted by molar-refractivity contribution is 8.16. The van der Waals surface area contributed by atoms with Gasteiger partial charge in [-0.25, -0.2) is 9.79 Å². The number of benzene rings is 1. The van der Waals surface area contributed by atoms with Gasteiger partial charge in [0.25, 0.3) is 0 Å². The van der Waals surface area contributed by atoms with E-state index in [0.717, 1.165) is 16.8 Å². The zero-order valence-electron chi connectivity index (χ0n) is 19.4. The number of carbonyl (C=O) groups is 2. The van der Waals surface area contributed by atoms with Crippen LogP contribution in [0.5, 0.6) is 0 Å². The predicted molar refractivity (Wildman–Crippen MR) is 135 cm³/mol. The molecule has 2 aliphatic rings. The van der Waals surface area contributed by atoms with Gasteiger partial charge in [-0.1, -0.05) is 35.5 Å². The molecule has 0 saturated heterocycles. The molecule has 3 heterocycles. The number of amidine groups is 1. The summed E-state index contributed by atoms with van der Waals surface area (Å²) in [6, 6.07) is 10.5. The lowest BCUT2D eigenvalue weighted by Crippen LogP contribution is -2.38. The third kappa shape index (κ3) is 5.93. The highest BCUT2D eigenvalue weighted by atomic mass is 35.5. The summed E-state index contributed by atoms with van der Waals surface area (Å²) in [7, 11) is 1.55. The summed E-state index contributed by atoms with van der Waals surface area (Å²) in [5.74, 6) is -0.610. The minimum atomic E-state index is -0.510. The van der Waals surface area contributed by atoms with Crippen molar-refractivity contribution in [3.63, 3.8) is 0 Å². The minimum Gasteiger partial charge on any atom is -0.460 e. The zero-order valence-corrected chi connectivity index (χ0v) is 20.9. The van der Waals surface area contributed by atoms with Crippen LogP contribution in [0.2, 0.25) is 5.02 Å². The molecule has 0 saturated carbocycles. The molecule has 2 aliphatic heterocycles. The van der Waals surface area contributed by atoms with Crippen LogP contribution in [-0.2, 0) is 25.6 Å². The maximum atomic E-state index is 13.1. The molecular weight excluding hydrogens is 488 g/mol. The summed E-state index contributed by atoms with van der Waals surface area (Å²) < 4.78 is 10.5. The van der Waals surface area contributed by atoms with Crippen molar-refractivity contribution in [2.24, 2.45) is 4.99 Å². The topological polar surface area (TPSA) is 93.1 Å². The number of aromatic nitrogens is 1. The second-order valence-electron chi connectivity index (χ2n) is 7.88. The summed E-state index contributed by atoms with van der Waals surface area (Å²) >= 11 is 7.55. The molecule has 8 nitrogen and oxygen atoms in total. The number of hydrogen-bond acceptors (Lipinski definition) is 8. The number of hydrogen-bond donors (Lipinski definition) is 1. The maximum absolute atomic E-state index is 13.1. The van der Waals surface area contributed by atoms with Crippen molar-refractivity contribution in [2.45, 2.75) is 25.9 Å². The molecule has 10 heteroatoms. The number of fused-ring (bicyclic) bond motifs is 1. The number of aliphatic imine (C=N–C) groups is 1. The van der Waals surface area contributed by atoms with E-state index in [-0.39, 0.29) is 18.9 Å². The van der Waals surface area contributed by atoms with E-state index in [1.54, 1.807) is 38.6 Å². The fourth-order valence-corrected chi connectivity index (χ4v) is 4.91. The third-order valence-electron chi connectivity index (χ3n) is 5.51. The molecule has 182 valence electrons. The first-order chi connectivity index (χ1) is 17.0. The Bertz CT molecular complexity index is 1180. The molecule has 0 radical (unpaired) electrons. The number of carbonyl (C=O) groups excluding carboxylic acids is 2. The number of thioether (sulfide) groups is 1. The Labute approximate surface area is 213 Å². The first-order valence-electron chi connectivity index (χ1n) is 11.0. The fraction of sp³-hybridized carbons (Fsp3) is 0.280. The molecule has 1 atom stereocenters. The van der Waals surface area contributed by atoms with Crippen molar-refractivity contribution in [3.8, 4) is 0 Å². The van der Waals surface area contributed by atoms with Gasteiger partial charge in [0.1, 0.15) is 6.61 Å². The van der Waals surface area contributed by atoms with Gasteiger partial charge in [-0.05, 0) is 47.7 Å². The van der Waals surface area contributed by atoms with Crippen molar-refractivity contribution in [2.75, 3.05) is 20.3 Å². The minimum absolute atomic E-state index is 0.130. The molecule has 0 fully saturated rings. The van der Waals surface area contributed by atoms with Crippen LogP contribution in [0.1, 0.15) is 30.5 Å². The van der Waals surface area contributed by atoms with Gasteiger partial charge >= 0.3 is 5.97 Å². The third-order valence-corrected chi connectivity index (χ3v) is 6.65. The Balaban J connectivity index is 1.59. The van der Waals surface area contributed by atoms with Gasteiger partial charge in [0.05, 0.1) is 30.3 Å². The average molecular weight is 513 g/mol. The number of allylic oxidation sites excluding steroid dienone is 1. The molecule has 0 spiro atoms. The molecular formula is C25H25ClN4O4S. The summed E-state index contributed by atoms with van der Waals surface area (Å²) in [5, 5.41) is 6.14. The quantitative estimate of drug-likeness (QED) is 0.397. The summed E-state index contributed by atoms with van der Waals surface area (Å²) in [6.07, 6.45) is 3.51. The van der Waals surface area contributed by atoms with Crippen LogP contribution < -0.4 is 5.32 Å². The van der Waals surface area contributed by atoms with Crippen molar-refractivity contribution in [1.82, 2.24) is 15.2 Å². The Hall–Kier alpha value is -3.14.